The molecule has 112 valence electrons. The van der Waals surface area contributed by atoms with Crippen LogP contribution in [0.3, 0.4) is 0 Å². The van der Waals surface area contributed by atoms with E-state index in [-0.39, 0.29) is 0 Å². The highest BCUT2D eigenvalue weighted by atomic mass is 15.2. The first-order valence-corrected chi connectivity index (χ1v) is 7.75. The zero-order valence-electron chi connectivity index (χ0n) is 13.1. The molecule has 1 aliphatic rings. The highest BCUT2D eigenvalue weighted by molar-refractivity contribution is 5.43. The maximum absolute atomic E-state index is 5.83. The number of aryl methyl sites for hydroxylation is 1. The highest BCUT2D eigenvalue weighted by Gasteiger charge is 2.21. The second-order valence-electron chi connectivity index (χ2n) is 5.92. The van der Waals surface area contributed by atoms with Crippen molar-refractivity contribution in [3.05, 3.63) is 23.4 Å². The third-order valence-electron chi connectivity index (χ3n) is 4.26. The van der Waals surface area contributed by atoms with Crippen LogP contribution in [0.1, 0.15) is 37.4 Å². The Morgan fingerprint density at radius 3 is 2.65 bits per heavy atom. The van der Waals surface area contributed by atoms with Crippen molar-refractivity contribution < 1.29 is 0 Å². The maximum atomic E-state index is 5.83. The molecule has 1 aliphatic heterocycles. The number of rotatable bonds is 5. The summed E-state index contributed by atoms with van der Waals surface area (Å²) >= 11 is 0. The molecule has 2 rings (SSSR count). The van der Waals surface area contributed by atoms with Gasteiger partial charge in [0, 0.05) is 25.3 Å². The molecule has 0 amide bonds. The van der Waals surface area contributed by atoms with Gasteiger partial charge >= 0.3 is 0 Å². The molecule has 4 heteroatoms. The van der Waals surface area contributed by atoms with Crippen LogP contribution in [0, 0.1) is 0 Å². The van der Waals surface area contributed by atoms with E-state index in [1.807, 2.05) is 0 Å². The zero-order chi connectivity index (χ0) is 14.5. The second kappa shape index (κ2) is 7.04. The largest absolute Gasteiger partial charge is 0.357 e. The molecular weight excluding hydrogens is 248 g/mol. The van der Waals surface area contributed by atoms with Gasteiger partial charge in [0.15, 0.2) is 0 Å². The molecule has 20 heavy (non-hydrogen) atoms. The van der Waals surface area contributed by atoms with Crippen LogP contribution in [0.15, 0.2) is 12.1 Å². The first-order valence-electron chi connectivity index (χ1n) is 7.75. The van der Waals surface area contributed by atoms with Gasteiger partial charge in [-0.25, -0.2) is 4.98 Å². The van der Waals surface area contributed by atoms with E-state index in [1.54, 1.807) is 0 Å². The summed E-state index contributed by atoms with van der Waals surface area (Å²) in [5, 5.41) is 0. The highest BCUT2D eigenvalue weighted by Crippen LogP contribution is 2.22. The van der Waals surface area contributed by atoms with Gasteiger partial charge in [-0.2, -0.15) is 0 Å². The Balaban J connectivity index is 2.15. The Labute approximate surface area is 123 Å². The Bertz CT molecular complexity index is 424. The lowest BCUT2D eigenvalue weighted by atomic mass is 10.0. The van der Waals surface area contributed by atoms with E-state index in [9.17, 15) is 0 Å². The van der Waals surface area contributed by atoms with Crippen LogP contribution >= 0.6 is 0 Å². The summed E-state index contributed by atoms with van der Waals surface area (Å²) in [6, 6.07) is 4.90. The zero-order valence-corrected chi connectivity index (χ0v) is 13.1. The molecule has 0 aromatic carbocycles. The lowest BCUT2D eigenvalue weighted by Crippen LogP contribution is -2.42. The molecule has 0 radical (unpaired) electrons. The summed E-state index contributed by atoms with van der Waals surface area (Å²) in [7, 11) is 4.37. The smallest absolute Gasteiger partial charge is 0.129 e. The molecule has 0 saturated carbocycles. The molecule has 1 aromatic heterocycles. The van der Waals surface area contributed by atoms with Crippen LogP contribution in [-0.4, -0.2) is 43.1 Å². The van der Waals surface area contributed by atoms with Crippen molar-refractivity contribution in [1.29, 1.82) is 0 Å². The predicted octanol–water partition coefficient (Wildman–Crippen LogP) is 2.02. The lowest BCUT2D eigenvalue weighted by Gasteiger charge is -2.36. The Kier molecular flexibility index (Phi) is 5.38. The van der Waals surface area contributed by atoms with Crippen LogP contribution in [0.25, 0.3) is 0 Å². The fraction of sp³-hybridized carbons (Fsp3) is 0.688. The van der Waals surface area contributed by atoms with Crippen molar-refractivity contribution in [1.82, 2.24) is 9.88 Å². The summed E-state index contributed by atoms with van der Waals surface area (Å²) in [5.41, 5.74) is 8.19. The standard InChI is InChI=1S/C16H28N4/c1-4-5-14-10-13(12-17)11-16(18-14)20(3)15-6-8-19(2)9-7-15/h10-11,15H,4-9,12,17H2,1-3H3. The third kappa shape index (κ3) is 3.70. The Hall–Kier alpha value is -1.13. The molecule has 0 aliphatic carbocycles. The predicted molar refractivity (Wildman–Crippen MR) is 85.0 cm³/mol. The van der Waals surface area contributed by atoms with Gasteiger partial charge in [0.25, 0.3) is 0 Å². The van der Waals surface area contributed by atoms with Gasteiger partial charge in [0.2, 0.25) is 0 Å². The number of hydrogen-bond donors (Lipinski definition) is 1. The SMILES string of the molecule is CCCc1cc(CN)cc(N(C)C2CCN(C)CC2)n1. The van der Waals surface area contributed by atoms with Crippen molar-refractivity contribution in [2.45, 2.75) is 45.2 Å². The van der Waals surface area contributed by atoms with Crippen molar-refractivity contribution in [2.24, 2.45) is 5.73 Å². The van der Waals surface area contributed by atoms with Crippen molar-refractivity contribution in [3.63, 3.8) is 0 Å². The van der Waals surface area contributed by atoms with Gasteiger partial charge in [-0.1, -0.05) is 13.3 Å². The fourth-order valence-electron chi connectivity index (χ4n) is 2.89. The number of hydrogen-bond acceptors (Lipinski definition) is 4. The van der Waals surface area contributed by atoms with Gasteiger partial charge in [0.1, 0.15) is 5.82 Å². The molecule has 0 atom stereocenters. The molecule has 4 nitrogen and oxygen atoms in total. The van der Waals surface area contributed by atoms with Gasteiger partial charge in [-0.15, -0.1) is 0 Å². The monoisotopic (exact) mass is 276 g/mol. The summed E-state index contributed by atoms with van der Waals surface area (Å²) in [6.45, 7) is 5.13. The van der Waals surface area contributed by atoms with Gasteiger partial charge < -0.3 is 15.5 Å². The average molecular weight is 276 g/mol. The van der Waals surface area contributed by atoms with Crippen LogP contribution in [0.2, 0.25) is 0 Å². The minimum absolute atomic E-state index is 0.591. The molecular formula is C16H28N4. The number of nitrogens with zero attached hydrogens (tertiary/aromatic N) is 3. The molecule has 2 N–H and O–H groups in total. The third-order valence-corrected chi connectivity index (χ3v) is 4.26. The minimum atomic E-state index is 0.591. The normalized spacial score (nSPS) is 17.4. The first kappa shape index (κ1) is 15.3. The molecule has 1 aromatic rings. The number of piperidine rings is 1. The summed E-state index contributed by atoms with van der Waals surface area (Å²) in [4.78, 5) is 9.57. The van der Waals surface area contributed by atoms with E-state index in [4.69, 9.17) is 10.7 Å². The van der Waals surface area contributed by atoms with E-state index in [0.29, 0.717) is 12.6 Å². The minimum Gasteiger partial charge on any atom is -0.357 e. The molecule has 2 heterocycles. The quantitative estimate of drug-likeness (QED) is 0.894. The molecule has 0 unspecified atom stereocenters. The van der Waals surface area contributed by atoms with E-state index in [2.05, 4.69) is 43.0 Å². The number of aromatic nitrogens is 1. The first-order chi connectivity index (χ1) is 9.63. The van der Waals surface area contributed by atoms with E-state index >= 15 is 0 Å². The van der Waals surface area contributed by atoms with Crippen LogP contribution in [-0.2, 0) is 13.0 Å². The van der Waals surface area contributed by atoms with Crippen molar-refractivity contribution in [3.8, 4) is 0 Å². The topological polar surface area (TPSA) is 45.4 Å². The average Bonchev–Trinajstić information content (AvgIpc) is 2.47. The lowest BCUT2D eigenvalue weighted by molar-refractivity contribution is 0.252. The van der Waals surface area contributed by atoms with Gasteiger partial charge in [0.05, 0.1) is 0 Å². The second-order valence-corrected chi connectivity index (χ2v) is 5.92. The van der Waals surface area contributed by atoms with Crippen LogP contribution < -0.4 is 10.6 Å². The van der Waals surface area contributed by atoms with Gasteiger partial charge in [-0.3, -0.25) is 0 Å². The molecule has 1 fully saturated rings. The van der Waals surface area contributed by atoms with Crippen LogP contribution in [0.4, 0.5) is 5.82 Å². The van der Waals surface area contributed by atoms with E-state index in [0.717, 1.165) is 18.7 Å². The number of likely N-dealkylation sites (tertiary alicyclic amines) is 1. The number of pyridine rings is 1. The number of anilines is 1. The van der Waals surface area contributed by atoms with Gasteiger partial charge in [-0.05, 0) is 57.1 Å². The molecule has 1 saturated heterocycles. The maximum Gasteiger partial charge on any atom is 0.129 e. The van der Waals surface area contributed by atoms with E-state index in [1.165, 1.54) is 37.2 Å². The molecule has 0 spiro atoms. The summed E-state index contributed by atoms with van der Waals surface area (Å²) < 4.78 is 0. The van der Waals surface area contributed by atoms with Crippen LogP contribution in [0.5, 0.6) is 0 Å². The summed E-state index contributed by atoms with van der Waals surface area (Å²) in [5.74, 6) is 1.09. The summed E-state index contributed by atoms with van der Waals surface area (Å²) in [6.07, 6.45) is 4.58. The fourth-order valence-corrected chi connectivity index (χ4v) is 2.89. The number of nitrogens with two attached hydrogens (primary N) is 1. The van der Waals surface area contributed by atoms with E-state index < -0.39 is 0 Å². The molecule has 0 bridgehead atoms. The Morgan fingerprint density at radius 1 is 1.35 bits per heavy atom. The Morgan fingerprint density at radius 2 is 2.05 bits per heavy atom. The van der Waals surface area contributed by atoms with Crippen molar-refractivity contribution >= 4 is 5.82 Å². The van der Waals surface area contributed by atoms with Crippen molar-refractivity contribution in [2.75, 3.05) is 32.1 Å².